The number of hydrazine groups is 1. The molecular formula is C10H17N5O3S. The summed E-state index contributed by atoms with van der Waals surface area (Å²) in [5.41, 5.74) is 3.02. The summed E-state index contributed by atoms with van der Waals surface area (Å²) in [6.45, 7) is 2.02. The molecule has 0 bridgehead atoms. The van der Waals surface area contributed by atoms with E-state index in [9.17, 15) is 13.2 Å². The van der Waals surface area contributed by atoms with Crippen LogP contribution in [-0.4, -0.2) is 38.2 Å². The smallest absolute Gasteiger partial charge is 0.253 e. The predicted octanol–water partition coefficient (Wildman–Crippen LogP) is -0.964. The summed E-state index contributed by atoms with van der Waals surface area (Å²) in [5.74, 6) is 4.66. The molecule has 9 heteroatoms. The Labute approximate surface area is 111 Å². The molecule has 0 aliphatic heterocycles. The molecule has 1 rings (SSSR count). The van der Waals surface area contributed by atoms with Crippen LogP contribution in [0.15, 0.2) is 18.5 Å². The van der Waals surface area contributed by atoms with Gasteiger partial charge in [-0.3, -0.25) is 15.6 Å². The van der Waals surface area contributed by atoms with Gasteiger partial charge in [-0.1, -0.05) is 6.92 Å². The molecular weight excluding hydrogens is 270 g/mol. The minimum absolute atomic E-state index is 0.0144. The maximum Gasteiger partial charge on any atom is 0.253 e. The molecule has 0 aliphatic rings. The van der Waals surface area contributed by atoms with Gasteiger partial charge in [-0.2, -0.15) is 0 Å². The number of hydrogen-bond acceptors (Lipinski definition) is 6. The topological polar surface area (TPSA) is 126 Å². The average Bonchev–Trinajstić information content (AvgIpc) is 2.38. The van der Waals surface area contributed by atoms with Crippen molar-refractivity contribution in [1.29, 1.82) is 0 Å². The zero-order valence-corrected chi connectivity index (χ0v) is 11.3. The Kier molecular flexibility index (Phi) is 5.67. The highest BCUT2D eigenvalue weighted by molar-refractivity contribution is 7.89. The number of carbonyl (C=O) groups is 1. The van der Waals surface area contributed by atoms with E-state index in [-0.39, 0.29) is 12.3 Å². The predicted molar refractivity (Wildman–Crippen MR) is 71.8 cm³/mol. The van der Waals surface area contributed by atoms with Gasteiger partial charge in [0, 0.05) is 19.3 Å². The van der Waals surface area contributed by atoms with E-state index in [1.54, 1.807) is 6.92 Å². The SMILES string of the molecule is CCNS(=O)(=O)CCNC(=O)c1ccncc1NN. The summed E-state index contributed by atoms with van der Waals surface area (Å²) < 4.78 is 25.1. The van der Waals surface area contributed by atoms with Gasteiger partial charge >= 0.3 is 0 Å². The fourth-order valence-corrected chi connectivity index (χ4v) is 2.35. The molecule has 0 unspecified atom stereocenters. The average molecular weight is 287 g/mol. The van der Waals surface area contributed by atoms with Crippen LogP contribution in [-0.2, 0) is 10.0 Å². The second-order valence-electron chi connectivity index (χ2n) is 3.64. The van der Waals surface area contributed by atoms with Crippen molar-refractivity contribution >= 4 is 21.6 Å². The van der Waals surface area contributed by atoms with Crippen LogP contribution in [0.5, 0.6) is 0 Å². The van der Waals surface area contributed by atoms with Crippen LogP contribution in [0.1, 0.15) is 17.3 Å². The Bertz CT molecular complexity index is 532. The number of amides is 1. The van der Waals surface area contributed by atoms with Crippen molar-refractivity contribution in [3.05, 3.63) is 24.0 Å². The molecule has 0 saturated carbocycles. The van der Waals surface area contributed by atoms with Crippen molar-refractivity contribution in [2.24, 2.45) is 5.84 Å². The fraction of sp³-hybridized carbons (Fsp3) is 0.400. The zero-order chi connectivity index (χ0) is 14.3. The third-order valence-corrected chi connectivity index (χ3v) is 3.71. The van der Waals surface area contributed by atoms with Crippen LogP contribution in [0, 0.1) is 0 Å². The van der Waals surface area contributed by atoms with Gasteiger partial charge in [-0.15, -0.1) is 0 Å². The van der Waals surface area contributed by atoms with Gasteiger partial charge in [0.2, 0.25) is 10.0 Å². The number of rotatable bonds is 7. The van der Waals surface area contributed by atoms with Gasteiger partial charge in [-0.05, 0) is 6.07 Å². The molecule has 19 heavy (non-hydrogen) atoms. The van der Waals surface area contributed by atoms with Crippen LogP contribution in [0.3, 0.4) is 0 Å². The van der Waals surface area contributed by atoms with E-state index < -0.39 is 15.9 Å². The minimum atomic E-state index is -3.34. The van der Waals surface area contributed by atoms with Crippen LogP contribution < -0.4 is 21.3 Å². The Balaban J connectivity index is 2.57. The fourth-order valence-electron chi connectivity index (χ4n) is 1.39. The monoisotopic (exact) mass is 287 g/mol. The number of hydrogen-bond donors (Lipinski definition) is 4. The molecule has 0 atom stereocenters. The molecule has 0 fully saturated rings. The van der Waals surface area contributed by atoms with Gasteiger partial charge in [0.15, 0.2) is 0 Å². The summed E-state index contributed by atoms with van der Waals surface area (Å²) in [5, 5.41) is 2.51. The third kappa shape index (κ3) is 4.81. The molecule has 0 radical (unpaired) electrons. The number of carbonyl (C=O) groups excluding carboxylic acids is 1. The third-order valence-electron chi connectivity index (χ3n) is 2.24. The molecule has 106 valence electrons. The molecule has 0 aromatic carbocycles. The standard InChI is InChI=1S/C10H17N5O3S/c1-2-14-19(17,18)6-5-13-10(16)8-3-4-12-7-9(8)15-11/h3-4,7,14-15H,2,5-6,11H2,1H3,(H,13,16). The largest absolute Gasteiger partial charge is 0.351 e. The molecule has 8 nitrogen and oxygen atoms in total. The molecule has 1 aromatic rings. The van der Waals surface area contributed by atoms with E-state index in [1.807, 2.05) is 0 Å². The molecule has 1 aromatic heterocycles. The number of nitrogen functional groups attached to an aromatic ring is 1. The number of nitrogens with zero attached hydrogens (tertiary/aromatic N) is 1. The first-order valence-electron chi connectivity index (χ1n) is 5.66. The summed E-state index contributed by atoms with van der Waals surface area (Å²) in [6.07, 6.45) is 2.86. The zero-order valence-electron chi connectivity index (χ0n) is 10.5. The lowest BCUT2D eigenvalue weighted by Gasteiger charge is -2.09. The maximum atomic E-state index is 11.8. The van der Waals surface area contributed by atoms with E-state index >= 15 is 0 Å². The molecule has 5 N–H and O–H groups in total. The number of aromatic nitrogens is 1. The Hall–Kier alpha value is -1.71. The Morgan fingerprint density at radius 3 is 2.84 bits per heavy atom. The second kappa shape index (κ2) is 7.02. The first-order valence-corrected chi connectivity index (χ1v) is 7.31. The van der Waals surface area contributed by atoms with Crippen molar-refractivity contribution in [2.75, 3.05) is 24.3 Å². The quantitative estimate of drug-likeness (QED) is 0.378. The number of nitrogens with two attached hydrogens (primary N) is 1. The Morgan fingerprint density at radius 2 is 2.21 bits per heavy atom. The summed E-state index contributed by atoms with van der Waals surface area (Å²) >= 11 is 0. The number of sulfonamides is 1. The van der Waals surface area contributed by atoms with Gasteiger partial charge in [0.25, 0.3) is 5.91 Å². The Morgan fingerprint density at radius 1 is 1.47 bits per heavy atom. The van der Waals surface area contributed by atoms with Crippen molar-refractivity contribution in [1.82, 2.24) is 15.0 Å². The van der Waals surface area contributed by atoms with E-state index in [4.69, 9.17) is 5.84 Å². The van der Waals surface area contributed by atoms with Crippen LogP contribution in [0.25, 0.3) is 0 Å². The van der Waals surface area contributed by atoms with E-state index in [0.717, 1.165) is 0 Å². The van der Waals surface area contributed by atoms with Crippen LogP contribution >= 0.6 is 0 Å². The second-order valence-corrected chi connectivity index (χ2v) is 5.56. The highest BCUT2D eigenvalue weighted by atomic mass is 32.2. The minimum Gasteiger partial charge on any atom is -0.351 e. The lowest BCUT2D eigenvalue weighted by atomic mass is 10.2. The summed E-state index contributed by atoms with van der Waals surface area (Å²) in [7, 11) is -3.34. The van der Waals surface area contributed by atoms with Gasteiger partial charge in [0.05, 0.1) is 23.2 Å². The summed E-state index contributed by atoms with van der Waals surface area (Å²) in [6, 6.07) is 1.49. The maximum absolute atomic E-state index is 11.8. The van der Waals surface area contributed by atoms with Crippen LogP contribution in [0.4, 0.5) is 5.69 Å². The first kappa shape index (κ1) is 15.3. The molecule has 1 amide bonds. The van der Waals surface area contributed by atoms with Gasteiger partial charge in [0.1, 0.15) is 0 Å². The lowest BCUT2D eigenvalue weighted by molar-refractivity contribution is 0.0957. The van der Waals surface area contributed by atoms with Gasteiger partial charge in [-0.25, -0.2) is 13.1 Å². The lowest BCUT2D eigenvalue weighted by Crippen LogP contribution is -2.34. The van der Waals surface area contributed by atoms with E-state index in [1.165, 1.54) is 18.5 Å². The van der Waals surface area contributed by atoms with Crippen LogP contribution in [0.2, 0.25) is 0 Å². The normalized spacial score (nSPS) is 11.1. The van der Waals surface area contributed by atoms with E-state index in [2.05, 4.69) is 20.4 Å². The highest BCUT2D eigenvalue weighted by Crippen LogP contribution is 2.10. The van der Waals surface area contributed by atoms with Crippen molar-refractivity contribution in [2.45, 2.75) is 6.92 Å². The van der Waals surface area contributed by atoms with E-state index in [0.29, 0.717) is 17.8 Å². The number of nitrogens with one attached hydrogen (secondary N) is 3. The van der Waals surface area contributed by atoms with Crippen molar-refractivity contribution in [3.8, 4) is 0 Å². The van der Waals surface area contributed by atoms with Gasteiger partial charge < -0.3 is 10.7 Å². The molecule has 0 spiro atoms. The molecule has 1 heterocycles. The van der Waals surface area contributed by atoms with Crippen molar-refractivity contribution < 1.29 is 13.2 Å². The first-order chi connectivity index (χ1) is 9.00. The highest BCUT2D eigenvalue weighted by Gasteiger charge is 2.12. The number of pyridine rings is 1. The molecule has 0 saturated heterocycles. The molecule has 0 aliphatic carbocycles. The number of anilines is 1. The summed E-state index contributed by atoms with van der Waals surface area (Å²) in [4.78, 5) is 15.6. The van der Waals surface area contributed by atoms with Crippen molar-refractivity contribution in [3.63, 3.8) is 0 Å².